The molecule has 124 valence electrons. The highest BCUT2D eigenvalue weighted by Crippen LogP contribution is 2.24. The van der Waals surface area contributed by atoms with Gasteiger partial charge in [0.15, 0.2) is 0 Å². The molecule has 1 N–H and O–H groups in total. The molecule has 0 atom stereocenters. The number of nitrogens with zero attached hydrogens (tertiary/aromatic N) is 2. The first-order valence-corrected chi connectivity index (χ1v) is 9.15. The smallest absolute Gasteiger partial charge is 0.0466 e. The van der Waals surface area contributed by atoms with Gasteiger partial charge in [0.25, 0.3) is 0 Å². The second kappa shape index (κ2) is 10.5. The number of nitrogens with one attached hydrogen (secondary N) is 1. The Balaban J connectivity index is 1.42. The van der Waals surface area contributed by atoms with E-state index in [1.807, 2.05) is 0 Å². The Morgan fingerprint density at radius 2 is 1.76 bits per heavy atom. The minimum absolute atomic E-state index is 0.847. The van der Waals surface area contributed by atoms with Crippen molar-refractivity contribution in [3.05, 3.63) is 0 Å². The quantitative estimate of drug-likeness (QED) is 0.624. The van der Waals surface area contributed by atoms with Gasteiger partial charge in [0.05, 0.1) is 0 Å². The van der Waals surface area contributed by atoms with Crippen molar-refractivity contribution in [3.8, 4) is 0 Å². The SMILES string of the molecule is CCOCCCCNCCN1CCN(C2CCCC2)CC1. The Labute approximate surface area is 131 Å². The average molecular weight is 297 g/mol. The molecule has 21 heavy (non-hydrogen) atoms. The molecule has 4 nitrogen and oxygen atoms in total. The first kappa shape index (κ1) is 17.2. The van der Waals surface area contributed by atoms with Gasteiger partial charge < -0.3 is 10.1 Å². The molecule has 2 rings (SSSR count). The van der Waals surface area contributed by atoms with Crippen molar-refractivity contribution in [2.75, 3.05) is 59.0 Å². The minimum Gasteiger partial charge on any atom is -0.382 e. The highest BCUT2D eigenvalue weighted by atomic mass is 16.5. The summed E-state index contributed by atoms with van der Waals surface area (Å²) in [6.45, 7) is 12.4. The fourth-order valence-corrected chi connectivity index (χ4v) is 3.58. The van der Waals surface area contributed by atoms with E-state index in [-0.39, 0.29) is 0 Å². The van der Waals surface area contributed by atoms with E-state index in [9.17, 15) is 0 Å². The predicted molar refractivity (Wildman–Crippen MR) is 88.9 cm³/mol. The summed E-state index contributed by atoms with van der Waals surface area (Å²) >= 11 is 0. The van der Waals surface area contributed by atoms with Crippen LogP contribution < -0.4 is 5.32 Å². The van der Waals surface area contributed by atoms with E-state index in [4.69, 9.17) is 4.74 Å². The molecule has 0 aromatic rings. The van der Waals surface area contributed by atoms with E-state index in [1.165, 1.54) is 71.2 Å². The molecule has 1 saturated heterocycles. The van der Waals surface area contributed by atoms with Gasteiger partial charge >= 0.3 is 0 Å². The highest BCUT2D eigenvalue weighted by molar-refractivity contribution is 4.82. The number of unbranched alkanes of at least 4 members (excludes halogenated alkanes) is 1. The van der Waals surface area contributed by atoms with Crippen LogP contribution in [0.25, 0.3) is 0 Å². The lowest BCUT2D eigenvalue weighted by molar-refractivity contribution is 0.0983. The Morgan fingerprint density at radius 3 is 2.48 bits per heavy atom. The molecule has 4 heteroatoms. The number of hydrogen-bond acceptors (Lipinski definition) is 4. The van der Waals surface area contributed by atoms with E-state index in [1.54, 1.807) is 0 Å². The van der Waals surface area contributed by atoms with Crippen LogP contribution in [0, 0.1) is 0 Å². The number of ether oxygens (including phenoxy) is 1. The second-order valence-corrected chi connectivity index (χ2v) is 6.47. The summed E-state index contributed by atoms with van der Waals surface area (Å²) in [5.41, 5.74) is 0. The summed E-state index contributed by atoms with van der Waals surface area (Å²) in [5.74, 6) is 0. The summed E-state index contributed by atoms with van der Waals surface area (Å²) in [6.07, 6.45) is 8.22. The van der Waals surface area contributed by atoms with Crippen LogP contribution in [0.4, 0.5) is 0 Å². The maximum absolute atomic E-state index is 5.35. The molecule has 1 aliphatic carbocycles. The van der Waals surface area contributed by atoms with Gasteiger partial charge in [-0.25, -0.2) is 0 Å². The van der Waals surface area contributed by atoms with Crippen molar-refractivity contribution < 1.29 is 4.74 Å². The lowest BCUT2D eigenvalue weighted by Gasteiger charge is -2.38. The third kappa shape index (κ3) is 6.64. The Kier molecular flexibility index (Phi) is 8.64. The number of rotatable bonds is 10. The molecule has 2 aliphatic rings. The van der Waals surface area contributed by atoms with Gasteiger partial charge in [0.2, 0.25) is 0 Å². The minimum atomic E-state index is 0.847. The van der Waals surface area contributed by atoms with Crippen molar-refractivity contribution in [2.45, 2.75) is 51.5 Å². The Morgan fingerprint density at radius 1 is 1.00 bits per heavy atom. The summed E-state index contributed by atoms with van der Waals surface area (Å²) in [4.78, 5) is 5.36. The number of hydrogen-bond donors (Lipinski definition) is 1. The van der Waals surface area contributed by atoms with Crippen LogP contribution in [0.3, 0.4) is 0 Å². The van der Waals surface area contributed by atoms with Crippen LogP contribution in [0.5, 0.6) is 0 Å². The molecular formula is C17H35N3O. The van der Waals surface area contributed by atoms with Crippen molar-refractivity contribution >= 4 is 0 Å². The van der Waals surface area contributed by atoms with Gasteiger partial charge in [0, 0.05) is 58.5 Å². The van der Waals surface area contributed by atoms with Gasteiger partial charge in [0.1, 0.15) is 0 Å². The second-order valence-electron chi connectivity index (χ2n) is 6.47. The summed E-state index contributed by atoms with van der Waals surface area (Å²) in [5, 5.41) is 3.57. The molecule has 1 saturated carbocycles. The molecule has 0 unspecified atom stereocenters. The molecule has 0 aromatic carbocycles. The largest absolute Gasteiger partial charge is 0.382 e. The Bertz CT molecular complexity index is 248. The van der Waals surface area contributed by atoms with Crippen LogP contribution in [-0.2, 0) is 4.74 Å². The lowest BCUT2D eigenvalue weighted by Crippen LogP contribution is -2.50. The van der Waals surface area contributed by atoms with Crippen molar-refractivity contribution in [1.82, 2.24) is 15.1 Å². The maximum Gasteiger partial charge on any atom is 0.0466 e. The van der Waals surface area contributed by atoms with E-state index in [0.717, 1.165) is 32.3 Å². The molecule has 0 amide bonds. The lowest BCUT2D eigenvalue weighted by atomic mass is 10.2. The van der Waals surface area contributed by atoms with Gasteiger partial charge in [-0.1, -0.05) is 12.8 Å². The van der Waals surface area contributed by atoms with Crippen LogP contribution >= 0.6 is 0 Å². The maximum atomic E-state index is 5.35. The molecule has 1 aliphatic heterocycles. The van der Waals surface area contributed by atoms with E-state index >= 15 is 0 Å². The van der Waals surface area contributed by atoms with E-state index in [0.29, 0.717) is 0 Å². The van der Waals surface area contributed by atoms with Crippen LogP contribution in [-0.4, -0.2) is 74.9 Å². The van der Waals surface area contributed by atoms with Crippen molar-refractivity contribution in [3.63, 3.8) is 0 Å². The zero-order valence-electron chi connectivity index (χ0n) is 14.0. The van der Waals surface area contributed by atoms with E-state index in [2.05, 4.69) is 22.0 Å². The van der Waals surface area contributed by atoms with Gasteiger partial charge in [-0.2, -0.15) is 0 Å². The zero-order chi connectivity index (χ0) is 14.8. The molecular weight excluding hydrogens is 262 g/mol. The predicted octanol–water partition coefficient (Wildman–Crippen LogP) is 1.95. The highest BCUT2D eigenvalue weighted by Gasteiger charge is 2.25. The summed E-state index contributed by atoms with van der Waals surface area (Å²) in [7, 11) is 0. The molecule has 0 spiro atoms. The van der Waals surface area contributed by atoms with E-state index < -0.39 is 0 Å². The molecule has 0 radical (unpaired) electrons. The van der Waals surface area contributed by atoms with Crippen molar-refractivity contribution in [1.29, 1.82) is 0 Å². The summed E-state index contributed by atoms with van der Waals surface area (Å²) < 4.78 is 5.35. The molecule has 0 aromatic heterocycles. The first-order chi connectivity index (χ1) is 10.4. The zero-order valence-corrected chi connectivity index (χ0v) is 14.0. The molecule has 1 heterocycles. The fourth-order valence-electron chi connectivity index (χ4n) is 3.58. The third-order valence-electron chi connectivity index (χ3n) is 4.95. The fraction of sp³-hybridized carbons (Fsp3) is 1.00. The van der Waals surface area contributed by atoms with Gasteiger partial charge in [-0.15, -0.1) is 0 Å². The third-order valence-corrected chi connectivity index (χ3v) is 4.95. The van der Waals surface area contributed by atoms with Crippen LogP contribution in [0.15, 0.2) is 0 Å². The van der Waals surface area contributed by atoms with Crippen LogP contribution in [0.2, 0.25) is 0 Å². The first-order valence-electron chi connectivity index (χ1n) is 9.15. The van der Waals surface area contributed by atoms with Gasteiger partial charge in [-0.3, -0.25) is 9.80 Å². The molecule has 0 bridgehead atoms. The summed E-state index contributed by atoms with van der Waals surface area (Å²) in [6, 6.07) is 0.913. The van der Waals surface area contributed by atoms with Gasteiger partial charge in [-0.05, 0) is 39.2 Å². The Hall–Kier alpha value is -0.160. The topological polar surface area (TPSA) is 27.7 Å². The van der Waals surface area contributed by atoms with Crippen LogP contribution in [0.1, 0.15) is 45.4 Å². The normalized spacial score (nSPS) is 22.1. The average Bonchev–Trinajstić information content (AvgIpc) is 3.05. The number of piperazine rings is 1. The monoisotopic (exact) mass is 297 g/mol. The standard InChI is InChI=1S/C17H35N3O/c1-2-21-16-6-5-9-18-10-11-19-12-14-20(15-13-19)17-7-3-4-8-17/h17-18H,2-16H2,1H3. The molecule has 2 fully saturated rings. The van der Waals surface area contributed by atoms with Crippen molar-refractivity contribution in [2.24, 2.45) is 0 Å².